The molecule has 0 unspecified atom stereocenters. The summed E-state index contributed by atoms with van der Waals surface area (Å²) in [5, 5.41) is 3.49. The molecule has 0 amide bonds. The zero-order valence-electron chi connectivity index (χ0n) is 10.1. The standard InChI is InChI=1S/C14H22BrN/c1-2-3-4-5-8-11-16-12-13-9-6-7-10-14(13)15/h6-7,9-10,16H,2-5,8,11-12H2,1H3. The van der Waals surface area contributed by atoms with Crippen LogP contribution >= 0.6 is 15.9 Å². The summed E-state index contributed by atoms with van der Waals surface area (Å²) in [6.45, 7) is 4.35. The van der Waals surface area contributed by atoms with Gasteiger partial charge in [0, 0.05) is 11.0 Å². The Morgan fingerprint density at radius 3 is 2.56 bits per heavy atom. The molecule has 1 nitrogen and oxygen atoms in total. The summed E-state index contributed by atoms with van der Waals surface area (Å²) in [7, 11) is 0. The van der Waals surface area contributed by atoms with Gasteiger partial charge in [-0.2, -0.15) is 0 Å². The van der Waals surface area contributed by atoms with Crippen LogP contribution in [-0.2, 0) is 6.54 Å². The third kappa shape index (κ3) is 5.66. The molecule has 0 bridgehead atoms. The molecule has 0 spiro atoms. The molecule has 0 radical (unpaired) electrons. The van der Waals surface area contributed by atoms with Crippen LogP contribution in [-0.4, -0.2) is 6.54 Å². The molecule has 0 atom stereocenters. The molecule has 0 aliphatic heterocycles. The maximum Gasteiger partial charge on any atom is 0.0220 e. The maximum absolute atomic E-state index is 3.56. The molecular weight excluding hydrogens is 262 g/mol. The molecule has 16 heavy (non-hydrogen) atoms. The van der Waals surface area contributed by atoms with Gasteiger partial charge in [-0.1, -0.05) is 66.7 Å². The fraction of sp³-hybridized carbons (Fsp3) is 0.571. The van der Waals surface area contributed by atoms with E-state index in [1.807, 2.05) is 0 Å². The van der Waals surface area contributed by atoms with Gasteiger partial charge in [-0.25, -0.2) is 0 Å². The Morgan fingerprint density at radius 2 is 1.81 bits per heavy atom. The topological polar surface area (TPSA) is 12.0 Å². The van der Waals surface area contributed by atoms with Crippen molar-refractivity contribution in [3.8, 4) is 0 Å². The lowest BCUT2D eigenvalue weighted by Crippen LogP contribution is -2.14. The molecule has 0 saturated heterocycles. The van der Waals surface area contributed by atoms with Crippen molar-refractivity contribution in [1.82, 2.24) is 5.32 Å². The fourth-order valence-corrected chi connectivity index (χ4v) is 2.14. The summed E-state index contributed by atoms with van der Waals surface area (Å²) in [6, 6.07) is 8.40. The van der Waals surface area contributed by atoms with E-state index in [2.05, 4.69) is 52.4 Å². The molecule has 1 aromatic rings. The van der Waals surface area contributed by atoms with Gasteiger partial charge >= 0.3 is 0 Å². The molecule has 90 valence electrons. The second kappa shape index (κ2) is 8.77. The molecule has 0 aliphatic carbocycles. The first-order chi connectivity index (χ1) is 7.84. The van der Waals surface area contributed by atoms with Gasteiger partial charge in [0.1, 0.15) is 0 Å². The van der Waals surface area contributed by atoms with Crippen LogP contribution in [0, 0.1) is 0 Å². The van der Waals surface area contributed by atoms with E-state index in [1.54, 1.807) is 0 Å². The van der Waals surface area contributed by atoms with Gasteiger partial charge < -0.3 is 5.32 Å². The predicted molar refractivity (Wildman–Crippen MR) is 74.6 cm³/mol. The number of hydrogen-bond donors (Lipinski definition) is 1. The van der Waals surface area contributed by atoms with Crippen molar-refractivity contribution in [1.29, 1.82) is 0 Å². The third-order valence-electron chi connectivity index (χ3n) is 2.73. The molecule has 0 heterocycles. The lowest BCUT2D eigenvalue weighted by atomic mass is 10.1. The van der Waals surface area contributed by atoms with Gasteiger partial charge in [-0.15, -0.1) is 0 Å². The maximum atomic E-state index is 3.56. The summed E-state index contributed by atoms with van der Waals surface area (Å²) < 4.78 is 1.20. The molecule has 2 heteroatoms. The van der Waals surface area contributed by atoms with Crippen molar-refractivity contribution >= 4 is 15.9 Å². The van der Waals surface area contributed by atoms with E-state index in [1.165, 1.54) is 42.1 Å². The third-order valence-corrected chi connectivity index (χ3v) is 3.50. The zero-order valence-corrected chi connectivity index (χ0v) is 11.7. The van der Waals surface area contributed by atoms with Crippen molar-refractivity contribution < 1.29 is 0 Å². The fourth-order valence-electron chi connectivity index (χ4n) is 1.72. The first-order valence-corrected chi connectivity index (χ1v) is 7.08. The molecule has 0 saturated carbocycles. The summed E-state index contributed by atoms with van der Waals surface area (Å²) in [4.78, 5) is 0. The summed E-state index contributed by atoms with van der Waals surface area (Å²) in [5.74, 6) is 0. The largest absolute Gasteiger partial charge is 0.313 e. The van der Waals surface area contributed by atoms with Crippen LogP contribution in [0.1, 0.15) is 44.6 Å². The van der Waals surface area contributed by atoms with Gasteiger partial charge in [0.2, 0.25) is 0 Å². The van der Waals surface area contributed by atoms with E-state index < -0.39 is 0 Å². The number of nitrogens with one attached hydrogen (secondary N) is 1. The summed E-state index contributed by atoms with van der Waals surface area (Å²) >= 11 is 3.56. The molecule has 0 aliphatic rings. The van der Waals surface area contributed by atoms with Crippen LogP contribution in [0.5, 0.6) is 0 Å². The first kappa shape index (κ1) is 13.7. The van der Waals surface area contributed by atoms with Crippen LogP contribution < -0.4 is 5.32 Å². The van der Waals surface area contributed by atoms with Crippen molar-refractivity contribution in [2.75, 3.05) is 6.54 Å². The van der Waals surface area contributed by atoms with Crippen molar-refractivity contribution in [2.45, 2.75) is 45.6 Å². The second-order valence-corrected chi connectivity index (χ2v) is 5.04. The quantitative estimate of drug-likeness (QED) is 0.693. The number of hydrogen-bond acceptors (Lipinski definition) is 1. The molecule has 1 rings (SSSR count). The molecule has 0 aromatic heterocycles. The highest BCUT2D eigenvalue weighted by Gasteiger charge is 1.96. The van der Waals surface area contributed by atoms with Gasteiger partial charge in [-0.05, 0) is 24.6 Å². The second-order valence-electron chi connectivity index (χ2n) is 4.18. The Morgan fingerprint density at radius 1 is 1.06 bits per heavy atom. The van der Waals surface area contributed by atoms with Crippen LogP contribution in [0.4, 0.5) is 0 Å². The summed E-state index contributed by atoms with van der Waals surface area (Å²) in [5.41, 5.74) is 1.34. The highest BCUT2D eigenvalue weighted by atomic mass is 79.9. The Labute approximate surface area is 108 Å². The van der Waals surface area contributed by atoms with E-state index >= 15 is 0 Å². The highest BCUT2D eigenvalue weighted by molar-refractivity contribution is 9.10. The van der Waals surface area contributed by atoms with E-state index in [9.17, 15) is 0 Å². The number of rotatable bonds is 8. The van der Waals surface area contributed by atoms with Crippen LogP contribution in [0.3, 0.4) is 0 Å². The molecular formula is C14H22BrN. The lowest BCUT2D eigenvalue weighted by Gasteiger charge is -2.06. The van der Waals surface area contributed by atoms with Gasteiger partial charge in [0.05, 0.1) is 0 Å². The lowest BCUT2D eigenvalue weighted by molar-refractivity contribution is 0.583. The van der Waals surface area contributed by atoms with Crippen LogP contribution in [0.15, 0.2) is 28.7 Å². The van der Waals surface area contributed by atoms with Crippen molar-refractivity contribution in [2.24, 2.45) is 0 Å². The van der Waals surface area contributed by atoms with Crippen molar-refractivity contribution in [3.63, 3.8) is 0 Å². The Bertz CT molecular complexity index is 286. The smallest absolute Gasteiger partial charge is 0.0220 e. The Balaban J connectivity index is 2.05. The van der Waals surface area contributed by atoms with E-state index in [4.69, 9.17) is 0 Å². The Kier molecular flexibility index (Phi) is 7.52. The van der Waals surface area contributed by atoms with Gasteiger partial charge in [0.15, 0.2) is 0 Å². The first-order valence-electron chi connectivity index (χ1n) is 6.28. The highest BCUT2D eigenvalue weighted by Crippen LogP contribution is 2.15. The van der Waals surface area contributed by atoms with Crippen molar-refractivity contribution in [3.05, 3.63) is 34.3 Å². The number of unbranched alkanes of at least 4 members (excludes halogenated alkanes) is 4. The molecule has 0 fully saturated rings. The van der Waals surface area contributed by atoms with E-state index in [-0.39, 0.29) is 0 Å². The van der Waals surface area contributed by atoms with E-state index in [0.29, 0.717) is 0 Å². The van der Waals surface area contributed by atoms with Gasteiger partial charge in [-0.3, -0.25) is 0 Å². The summed E-state index contributed by atoms with van der Waals surface area (Å²) in [6.07, 6.45) is 6.74. The average molecular weight is 284 g/mol. The van der Waals surface area contributed by atoms with Crippen LogP contribution in [0.2, 0.25) is 0 Å². The minimum absolute atomic E-state index is 0.967. The Hall–Kier alpha value is -0.340. The SMILES string of the molecule is CCCCCCCNCc1ccccc1Br. The normalized spacial score (nSPS) is 10.6. The number of halogens is 1. The minimum atomic E-state index is 0.967. The van der Waals surface area contributed by atoms with Gasteiger partial charge in [0.25, 0.3) is 0 Å². The van der Waals surface area contributed by atoms with Crippen LogP contribution in [0.25, 0.3) is 0 Å². The molecule has 1 aromatic carbocycles. The molecule has 1 N–H and O–H groups in total. The minimum Gasteiger partial charge on any atom is -0.313 e. The zero-order chi connectivity index (χ0) is 11.6. The average Bonchev–Trinajstić information content (AvgIpc) is 2.30. The monoisotopic (exact) mass is 283 g/mol. The predicted octanol–water partition coefficient (Wildman–Crippen LogP) is 4.51. The number of benzene rings is 1. The van der Waals surface area contributed by atoms with E-state index in [0.717, 1.165) is 13.1 Å².